The molecule has 2 aromatic rings. The lowest BCUT2D eigenvalue weighted by Gasteiger charge is -2.19. The van der Waals surface area contributed by atoms with Gasteiger partial charge in [-0.15, -0.1) is 0 Å². The van der Waals surface area contributed by atoms with Gasteiger partial charge in [0.1, 0.15) is 0 Å². The van der Waals surface area contributed by atoms with E-state index in [2.05, 4.69) is 28.6 Å². The van der Waals surface area contributed by atoms with Crippen LogP contribution >= 0.6 is 23.2 Å². The van der Waals surface area contributed by atoms with Gasteiger partial charge in [0.15, 0.2) is 0 Å². The molecule has 0 aromatic heterocycles. The normalized spacial score (nSPS) is 16.7. The molecule has 0 saturated heterocycles. The second kappa shape index (κ2) is 9.07. The molecule has 0 heterocycles. The zero-order valence-corrected chi connectivity index (χ0v) is 18.0. The van der Waals surface area contributed by atoms with Gasteiger partial charge in [-0.3, -0.25) is 14.9 Å². The van der Waals surface area contributed by atoms with E-state index in [0.717, 1.165) is 25.0 Å². The number of nitrogens with one attached hydrogen (secondary N) is 3. The number of anilines is 1. The van der Waals surface area contributed by atoms with Crippen LogP contribution in [0, 0.1) is 5.92 Å². The molecule has 9 heteroatoms. The highest BCUT2D eigenvalue weighted by Crippen LogP contribution is 2.28. The van der Waals surface area contributed by atoms with E-state index in [1.165, 1.54) is 30.3 Å². The molecular formula is C20H21Cl2N3O3S. The number of hydrogen-bond acceptors (Lipinski definition) is 4. The molecule has 29 heavy (non-hydrogen) atoms. The van der Waals surface area contributed by atoms with Gasteiger partial charge in [0.2, 0.25) is 0 Å². The van der Waals surface area contributed by atoms with Crippen LogP contribution in [0.4, 0.5) is 5.69 Å². The number of sulfonamides is 1. The second-order valence-electron chi connectivity index (χ2n) is 6.90. The van der Waals surface area contributed by atoms with Crippen LogP contribution in [0.5, 0.6) is 0 Å². The molecule has 1 aliphatic carbocycles. The van der Waals surface area contributed by atoms with Gasteiger partial charge in [-0.2, -0.15) is 0 Å². The third-order valence-electron chi connectivity index (χ3n) is 4.51. The summed E-state index contributed by atoms with van der Waals surface area (Å²) in [7, 11) is -3.96. The average molecular weight is 454 g/mol. The Balaban J connectivity index is 1.74. The lowest BCUT2D eigenvalue weighted by molar-refractivity contribution is 0.0937. The summed E-state index contributed by atoms with van der Waals surface area (Å²) in [6.45, 7) is 2.12. The smallest absolute Gasteiger partial charge is 0.269 e. The quantitative estimate of drug-likeness (QED) is 0.551. The molecule has 3 rings (SSSR count). The zero-order chi connectivity index (χ0) is 21.0. The highest BCUT2D eigenvalue weighted by Gasteiger charge is 2.18. The number of rotatable bonds is 6. The molecule has 2 aromatic carbocycles. The summed E-state index contributed by atoms with van der Waals surface area (Å²) in [6, 6.07) is 10.2. The average Bonchev–Trinajstić information content (AvgIpc) is 2.69. The molecule has 1 aliphatic rings. The Morgan fingerprint density at radius 2 is 1.93 bits per heavy atom. The summed E-state index contributed by atoms with van der Waals surface area (Å²) in [4.78, 5) is 12.4. The molecule has 0 unspecified atom stereocenters. The van der Waals surface area contributed by atoms with Crippen LogP contribution in [0.2, 0.25) is 10.0 Å². The Morgan fingerprint density at radius 1 is 1.14 bits per heavy atom. The Bertz CT molecular complexity index is 1050. The molecule has 0 fully saturated rings. The van der Waals surface area contributed by atoms with Gasteiger partial charge in [0, 0.05) is 16.3 Å². The number of halogens is 2. The number of carbonyl (C=O) groups excluding carboxylic acids is 1. The van der Waals surface area contributed by atoms with E-state index in [0.29, 0.717) is 10.9 Å². The van der Waals surface area contributed by atoms with Crippen molar-refractivity contribution >= 4 is 44.8 Å². The first-order valence-electron chi connectivity index (χ1n) is 9.09. The number of hydrogen-bond donors (Lipinski definition) is 3. The Labute approximate surface area is 180 Å². The maximum absolute atomic E-state index is 12.7. The summed E-state index contributed by atoms with van der Waals surface area (Å²) >= 11 is 11.9. The van der Waals surface area contributed by atoms with Crippen molar-refractivity contribution < 1.29 is 13.2 Å². The molecule has 6 nitrogen and oxygen atoms in total. The summed E-state index contributed by atoms with van der Waals surface area (Å²) in [5, 5.41) is 0.559. The lowest BCUT2D eigenvalue weighted by Crippen LogP contribution is -2.37. The zero-order valence-electron chi connectivity index (χ0n) is 15.7. The fraction of sp³-hybridized carbons (Fsp3) is 0.250. The maximum Gasteiger partial charge on any atom is 0.269 e. The molecule has 1 amide bonds. The molecule has 1 atom stereocenters. The van der Waals surface area contributed by atoms with Gasteiger partial charge < -0.3 is 5.43 Å². The minimum Gasteiger partial charge on any atom is -0.303 e. The second-order valence-corrected chi connectivity index (χ2v) is 9.42. The van der Waals surface area contributed by atoms with Crippen LogP contribution in [0.25, 0.3) is 0 Å². The van der Waals surface area contributed by atoms with Gasteiger partial charge in [-0.1, -0.05) is 42.3 Å². The fourth-order valence-corrected chi connectivity index (χ4v) is 4.53. The van der Waals surface area contributed by atoms with Crippen LogP contribution in [0.3, 0.4) is 0 Å². The first-order valence-corrected chi connectivity index (χ1v) is 11.3. The number of hydrazine groups is 1. The van der Waals surface area contributed by atoms with Crippen molar-refractivity contribution in [3.05, 3.63) is 69.8 Å². The SMILES string of the molecule is C[C@H]1C=C(NNC(=O)c2cccc(S(=O)(=O)Nc3cc(Cl)ccc3Cl)c2)CCC1. The monoisotopic (exact) mass is 453 g/mol. The van der Waals surface area contributed by atoms with Crippen molar-refractivity contribution in [1.29, 1.82) is 0 Å². The van der Waals surface area contributed by atoms with Crippen molar-refractivity contribution in [2.75, 3.05) is 4.72 Å². The van der Waals surface area contributed by atoms with E-state index in [1.807, 2.05) is 0 Å². The lowest BCUT2D eigenvalue weighted by atomic mass is 9.96. The van der Waals surface area contributed by atoms with Crippen LogP contribution < -0.4 is 15.6 Å². The molecule has 154 valence electrons. The van der Waals surface area contributed by atoms with E-state index in [-0.39, 0.29) is 21.2 Å². The predicted molar refractivity (Wildman–Crippen MR) is 115 cm³/mol. The third kappa shape index (κ3) is 5.65. The van der Waals surface area contributed by atoms with Gasteiger partial charge in [0.05, 0.1) is 15.6 Å². The standard InChI is InChI=1S/C20H21Cl2N3O3S/c1-13-4-2-6-16(10-13)23-24-20(26)14-5-3-7-17(11-14)29(27,28)25-19-12-15(21)8-9-18(19)22/h3,5,7-13,23,25H,2,4,6H2,1H3,(H,24,26)/t13-/m1/s1. The molecule has 3 N–H and O–H groups in total. The highest BCUT2D eigenvalue weighted by atomic mass is 35.5. The van der Waals surface area contributed by atoms with Crippen molar-refractivity contribution in [3.8, 4) is 0 Å². The Hall–Kier alpha value is -2.22. The van der Waals surface area contributed by atoms with E-state index in [1.54, 1.807) is 12.1 Å². The van der Waals surface area contributed by atoms with E-state index in [4.69, 9.17) is 23.2 Å². The largest absolute Gasteiger partial charge is 0.303 e. The van der Waals surface area contributed by atoms with E-state index in [9.17, 15) is 13.2 Å². The van der Waals surface area contributed by atoms with Gasteiger partial charge in [-0.25, -0.2) is 8.42 Å². The summed E-state index contributed by atoms with van der Waals surface area (Å²) in [6.07, 6.45) is 5.14. The fourth-order valence-electron chi connectivity index (χ4n) is 3.02. The summed E-state index contributed by atoms with van der Waals surface area (Å²) in [5.41, 5.74) is 6.88. The van der Waals surface area contributed by atoms with Crippen molar-refractivity contribution in [1.82, 2.24) is 10.9 Å². The van der Waals surface area contributed by atoms with Crippen molar-refractivity contribution in [2.45, 2.75) is 31.1 Å². The maximum atomic E-state index is 12.7. The number of amides is 1. The highest BCUT2D eigenvalue weighted by molar-refractivity contribution is 7.92. The van der Waals surface area contributed by atoms with Crippen molar-refractivity contribution in [2.24, 2.45) is 5.92 Å². The Kier molecular flexibility index (Phi) is 6.72. The summed E-state index contributed by atoms with van der Waals surface area (Å²) in [5.74, 6) is 0.0305. The molecule has 0 radical (unpaired) electrons. The number of carbonyl (C=O) groups is 1. The number of allylic oxidation sites excluding steroid dienone is 2. The van der Waals surface area contributed by atoms with Crippen LogP contribution in [0.1, 0.15) is 36.5 Å². The van der Waals surface area contributed by atoms with Crippen LogP contribution in [0.15, 0.2) is 59.1 Å². The first-order chi connectivity index (χ1) is 13.7. The minimum absolute atomic E-state index is 0.0632. The Morgan fingerprint density at radius 3 is 2.69 bits per heavy atom. The molecule has 0 spiro atoms. The van der Waals surface area contributed by atoms with Crippen LogP contribution in [-0.4, -0.2) is 14.3 Å². The molecule has 0 aliphatic heterocycles. The topological polar surface area (TPSA) is 87.3 Å². The summed E-state index contributed by atoms with van der Waals surface area (Å²) < 4.78 is 27.8. The minimum atomic E-state index is -3.96. The first kappa shape index (κ1) is 21.5. The van der Waals surface area contributed by atoms with E-state index >= 15 is 0 Å². The predicted octanol–water partition coefficient (Wildman–Crippen LogP) is 4.73. The molecule has 0 bridgehead atoms. The van der Waals surface area contributed by atoms with Gasteiger partial charge in [0.25, 0.3) is 15.9 Å². The van der Waals surface area contributed by atoms with Gasteiger partial charge >= 0.3 is 0 Å². The molecular weight excluding hydrogens is 433 g/mol. The van der Waals surface area contributed by atoms with Crippen molar-refractivity contribution in [3.63, 3.8) is 0 Å². The van der Waals surface area contributed by atoms with Crippen LogP contribution in [-0.2, 0) is 10.0 Å². The number of benzene rings is 2. The third-order valence-corrected chi connectivity index (χ3v) is 6.43. The van der Waals surface area contributed by atoms with E-state index < -0.39 is 15.9 Å². The van der Waals surface area contributed by atoms with Gasteiger partial charge in [-0.05, 0) is 61.6 Å². The molecule has 0 saturated carbocycles.